The van der Waals surface area contributed by atoms with Crippen molar-refractivity contribution in [2.24, 2.45) is 11.8 Å². The van der Waals surface area contributed by atoms with E-state index >= 15 is 0 Å². The van der Waals surface area contributed by atoms with E-state index in [9.17, 15) is 21.6 Å². The molecule has 4 rings (SSSR count). The molecule has 3 aliphatic heterocycles. The second-order valence-corrected chi connectivity index (χ2v) is 8.40. The molecule has 3 saturated heterocycles. The smallest absolute Gasteiger partial charge is 0.316 e. The van der Waals surface area contributed by atoms with Crippen molar-refractivity contribution >= 4 is 22.4 Å². The van der Waals surface area contributed by atoms with E-state index in [1.807, 2.05) is 0 Å². The highest BCUT2D eigenvalue weighted by molar-refractivity contribution is 7.89. The molecule has 0 spiro atoms. The van der Waals surface area contributed by atoms with Gasteiger partial charge in [0, 0.05) is 12.1 Å². The van der Waals surface area contributed by atoms with Crippen molar-refractivity contribution in [1.82, 2.24) is 9.62 Å². The molecule has 0 aromatic heterocycles. The van der Waals surface area contributed by atoms with Crippen LogP contribution in [0.15, 0.2) is 29.2 Å². The minimum absolute atomic E-state index is 0. The summed E-state index contributed by atoms with van der Waals surface area (Å²) in [5, 5.41) is 3.30. The van der Waals surface area contributed by atoms with Gasteiger partial charge in [0.15, 0.2) is 0 Å². The summed E-state index contributed by atoms with van der Waals surface area (Å²) in [6, 6.07) is 3.91. The van der Waals surface area contributed by atoms with E-state index < -0.39 is 21.8 Å². The fourth-order valence-corrected chi connectivity index (χ4v) is 6.53. The van der Waals surface area contributed by atoms with Crippen LogP contribution < -0.4 is 5.32 Å². The van der Waals surface area contributed by atoms with E-state index in [2.05, 4.69) is 5.32 Å². The first kappa shape index (κ1) is 18.0. The number of sulfonamides is 1. The molecule has 0 unspecified atom stereocenters. The Morgan fingerprint density at radius 1 is 1.08 bits per heavy atom. The maximum atomic E-state index is 12.9. The van der Waals surface area contributed by atoms with Crippen LogP contribution in [0.2, 0.25) is 0 Å². The minimum Gasteiger partial charge on any atom is -0.316 e. The quantitative estimate of drug-likeness (QED) is 0.855. The molecule has 3 fully saturated rings. The van der Waals surface area contributed by atoms with Gasteiger partial charge in [0.1, 0.15) is 0 Å². The van der Waals surface area contributed by atoms with Crippen LogP contribution in [0.1, 0.15) is 18.4 Å². The van der Waals surface area contributed by atoms with Gasteiger partial charge in [-0.25, -0.2) is 8.42 Å². The van der Waals surface area contributed by atoms with Gasteiger partial charge in [0.2, 0.25) is 10.0 Å². The van der Waals surface area contributed by atoms with Gasteiger partial charge in [-0.1, -0.05) is 6.07 Å². The zero-order valence-electron chi connectivity index (χ0n) is 12.7. The van der Waals surface area contributed by atoms with E-state index in [1.165, 1.54) is 10.4 Å². The second-order valence-electron chi connectivity index (χ2n) is 6.56. The van der Waals surface area contributed by atoms with Crippen LogP contribution in [-0.4, -0.2) is 37.9 Å². The molecule has 0 amide bonds. The Bertz CT molecular complexity index is 722. The number of nitrogens with zero attached hydrogens (tertiary/aromatic N) is 1. The van der Waals surface area contributed by atoms with Crippen LogP contribution in [0.5, 0.6) is 0 Å². The first-order valence-electron chi connectivity index (χ1n) is 7.71. The Morgan fingerprint density at radius 2 is 1.67 bits per heavy atom. The van der Waals surface area contributed by atoms with Crippen molar-refractivity contribution in [3.63, 3.8) is 0 Å². The fraction of sp³-hybridized carbons (Fsp3) is 0.600. The molecule has 134 valence electrons. The van der Waals surface area contributed by atoms with Crippen molar-refractivity contribution in [1.29, 1.82) is 0 Å². The van der Waals surface area contributed by atoms with Gasteiger partial charge < -0.3 is 5.32 Å². The zero-order chi connectivity index (χ0) is 16.4. The number of rotatable bonds is 2. The third kappa shape index (κ3) is 2.55. The number of benzene rings is 1. The van der Waals surface area contributed by atoms with Crippen LogP contribution in [-0.2, 0) is 16.2 Å². The summed E-state index contributed by atoms with van der Waals surface area (Å²) in [6.45, 7) is 1.58. The average molecular weight is 383 g/mol. The molecule has 4 nitrogen and oxygen atoms in total. The molecule has 4 atom stereocenters. The van der Waals surface area contributed by atoms with Crippen LogP contribution in [0.4, 0.5) is 13.2 Å². The highest BCUT2D eigenvalue weighted by atomic mass is 35.5. The van der Waals surface area contributed by atoms with Crippen LogP contribution in [0, 0.1) is 11.8 Å². The lowest BCUT2D eigenvalue weighted by molar-refractivity contribution is -0.137. The van der Waals surface area contributed by atoms with Crippen molar-refractivity contribution in [2.75, 3.05) is 13.1 Å². The SMILES string of the molecule is Cl.O=S(=O)(c1cccc(C(F)(F)F)c1)N1[C@@H]2CC[C@H]1[C@H]1CNC[C@H]12. The van der Waals surface area contributed by atoms with E-state index in [0.29, 0.717) is 0 Å². The van der Waals surface area contributed by atoms with Gasteiger partial charge in [0.05, 0.1) is 10.5 Å². The number of hydrogen-bond donors (Lipinski definition) is 1. The number of nitrogens with one attached hydrogen (secondary N) is 1. The van der Waals surface area contributed by atoms with Gasteiger partial charge in [-0.05, 0) is 56.0 Å². The normalized spacial score (nSPS) is 32.6. The minimum atomic E-state index is -4.55. The average Bonchev–Trinajstić information content (AvgIpc) is 3.18. The Morgan fingerprint density at radius 3 is 2.21 bits per heavy atom. The van der Waals surface area contributed by atoms with Crippen LogP contribution >= 0.6 is 12.4 Å². The lowest BCUT2D eigenvalue weighted by atomic mass is 9.82. The highest BCUT2D eigenvalue weighted by Crippen LogP contribution is 2.49. The third-order valence-electron chi connectivity index (χ3n) is 5.45. The number of fused-ring (bicyclic) bond motifs is 5. The van der Waals surface area contributed by atoms with Crippen molar-refractivity contribution in [3.8, 4) is 0 Å². The van der Waals surface area contributed by atoms with Gasteiger partial charge in [0.25, 0.3) is 0 Å². The fourth-order valence-electron chi connectivity index (χ4n) is 4.52. The first-order valence-corrected chi connectivity index (χ1v) is 9.15. The van der Waals surface area contributed by atoms with Gasteiger partial charge >= 0.3 is 6.18 Å². The molecule has 3 heterocycles. The summed E-state index contributed by atoms with van der Waals surface area (Å²) in [7, 11) is -3.89. The second kappa shape index (κ2) is 5.86. The summed E-state index contributed by atoms with van der Waals surface area (Å²) in [4.78, 5) is -0.253. The van der Waals surface area contributed by atoms with E-state index in [0.717, 1.165) is 44.1 Å². The molecule has 0 aliphatic carbocycles. The van der Waals surface area contributed by atoms with Crippen LogP contribution in [0.3, 0.4) is 0 Å². The summed E-state index contributed by atoms with van der Waals surface area (Å²) in [6.07, 6.45) is -2.95. The monoisotopic (exact) mass is 382 g/mol. The van der Waals surface area contributed by atoms with Crippen molar-refractivity contribution < 1.29 is 21.6 Å². The molecule has 1 aromatic carbocycles. The molecule has 3 aliphatic rings. The predicted molar refractivity (Wildman–Crippen MR) is 84.4 cm³/mol. The molecular formula is C15H18ClF3N2O2S. The van der Waals surface area contributed by atoms with Crippen molar-refractivity contribution in [3.05, 3.63) is 29.8 Å². The molecule has 2 bridgehead atoms. The van der Waals surface area contributed by atoms with Gasteiger partial charge in [-0.3, -0.25) is 0 Å². The topological polar surface area (TPSA) is 49.4 Å². The summed E-state index contributed by atoms with van der Waals surface area (Å²) >= 11 is 0. The Labute approximate surface area is 144 Å². The zero-order valence-corrected chi connectivity index (χ0v) is 14.3. The third-order valence-corrected chi connectivity index (χ3v) is 7.39. The largest absolute Gasteiger partial charge is 0.416 e. The summed E-state index contributed by atoms with van der Waals surface area (Å²) in [5.41, 5.74) is -0.924. The maximum absolute atomic E-state index is 12.9. The Kier molecular flexibility index (Phi) is 4.39. The first-order chi connectivity index (χ1) is 10.8. The molecular weight excluding hydrogens is 365 g/mol. The molecule has 24 heavy (non-hydrogen) atoms. The van der Waals surface area contributed by atoms with Gasteiger partial charge in [-0.15, -0.1) is 12.4 Å². The van der Waals surface area contributed by atoms with Gasteiger partial charge in [-0.2, -0.15) is 17.5 Å². The molecule has 1 N–H and O–H groups in total. The standard InChI is InChI=1S/C15H17F3N2O2S.ClH/c16-15(17,18)9-2-1-3-10(6-9)23(21,22)20-13-4-5-14(20)12-8-19-7-11(12)13;/h1-3,6,11-14,19H,4-5,7-8H2;1H/t11-,12+,13-,14+;. The Balaban J connectivity index is 0.00000169. The summed E-state index contributed by atoms with van der Waals surface area (Å²) < 4.78 is 66.0. The van der Waals surface area contributed by atoms with Crippen LogP contribution in [0.25, 0.3) is 0 Å². The maximum Gasteiger partial charge on any atom is 0.416 e. The highest BCUT2D eigenvalue weighted by Gasteiger charge is 2.58. The van der Waals surface area contributed by atoms with E-state index in [1.54, 1.807) is 0 Å². The lowest BCUT2D eigenvalue weighted by Crippen LogP contribution is -2.39. The lowest BCUT2D eigenvalue weighted by Gasteiger charge is -2.24. The van der Waals surface area contributed by atoms with E-state index in [-0.39, 0.29) is 41.2 Å². The number of alkyl halides is 3. The molecule has 0 saturated carbocycles. The summed E-state index contributed by atoms with van der Waals surface area (Å²) in [5.74, 6) is 0.573. The van der Waals surface area contributed by atoms with E-state index in [4.69, 9.17) is 0 Å². The number of hydrogen-bond acceptors (Lipinski definition) is 3. The molecule has 0 radical (unpaired) electrons. The van der Waals surface area contributed by atoms with Crippen molar-refractivity contribution in [2.45, 2.75) is 36.0 Å². The molecule has 9 heteroatoms. The predicted octanol–water partition coefficient (Wildman–Crippen LogP) is 2.50. The Hall–Kier alpha value is -0.830. The molecule has 1 aromatic rings. The number of halogens is 4.